The molecule has 0 radical (unpaired) electrons. The molecule has 1 N–H and O–H groups in total. The number of aryl methyl sites for hydroxylation is 1. The zero-order valence-electron chi connectivity index (χ0n) is 16.2. The van der Waals surface area contributed by atoms with Crippen molar-refractivity contribution in [3.63, 3.8) is 0 Å². The molecule has 0 saturated heterocycles. The van der Waals surface area contributed by atoms with Crippen molar-refractivity contribution >= 4 is 28.5 Å². The van der Waals surface area contributed by atoms with Crippen molar-refractivity contribution in [1.82, 2.24) is 5.16 Å². The summed E-state index contributed by atoms with van der Waals surface area (Å²) in [6, 6.07) is 14.5. The van der Waals surface area contributed by atoms with E-state index in [1.165, 1.54) is 30.3 Å². The molecule has 0 fully saturated rings. The van der Waals surface area contributed by atoms with E-state index in [9.17, 15) is 19.1 Å². The van der Waals surface area contributed by atoms with Gasteiger partial charge >= 0.3 is 0 Å². The second kappa shape index (κ2) is 6.94. The topological polar surface area (TPSA) is 96.8 Å². The van der Waals surface area contributed by atoms with Crippen LogP contribution >= 0.6 is 0 Å². The van der Waals surface area contributed by atoms with Crippen LogP contribution in [0.3, 0.4) is 0 Å². The molecule has 8 heteroatoms. The summed E-state index contributed by atoms with van der Waals surface area (Å²) in [6.45, 7) is 1.63. The number of anilines is 1. The maximum absolute atomic E-state index is 14.8. The summed E-state index contributed by atoms with van der Waals surface area (Å²) >= 11 is 0. The molecule has 0 aliphatic carbocycles. The number of nitrogens with zero attached hydrogens (tertiary/aromatic N) is 2. The van der Waals surface area contributed by atoms with Gasteiger partial charge in [-0.05, 0) is 25.1 Å². The van der Waals surface area contributed by atoms with E-state index in [-0.39, 0.29) is 22.7 Å². The van der Waals surface area contributed by atoms with Gasteiger partial charge in [0.15, 0.2) is 17.3 Å². The number of rotatable bonds is 4. The first-order chi connectivity index (χ1) is 15.0. The molecular formula is C23H15FN2O5. The minimum absolute atomic E-state index is 0.0278. The van der Waals surface area contributed by atoms with E-state index in [1.54, 1.807) is 37.3 Å². The van der Waals surface area contributed by atoms with E-state index in [0.717, 1.165) is 4.90 Å². The normalized spacial score (nSPS) is 16.5. The zero-order chi connectivity index (χ0) is 21.7. The number of halogens is 1. The van der Waals surface area contributed by atoms with Gasteiger partial charge in [0.05, 0.1) is 11.6 Å². The first kappa shape index (κ1) is 18.8. The molecule has 1 aliphatic heterocycles. The van der Waals surface area contributed by atoms with E-state index < -0.39 is 29.3 Å². The smallest absolute Gasteiger partial charge is 0.295 e. The summed E-state index contributed by atoms with van der Waals surface area (Å²) < 4.78 is 25.5. The molecule has 0 spiro atoms. The first-order valence-corrected chi connectivity index (χ1v) is 9.43. The summed E-state index contributed by atoms with van der Waals surface area (Å²) in [7, 11) is 0. The molecule has 0 bridgehead atoms. The molecule has 4 aromatic rings. The van der Waals surface area contributed by atoms with Gasteiger partial charge in [-0.15, -0.1) is 0 Å². The SMILES string of the molecule is Cc1cc(N2C(=O)C(O)=C(C(=O)c3cc4ccccc4o3)C2c2ccccc2F)no1. The summed E-state index contributed by atoms with van der Waals surface area (Å²) in [6.07, 6.45) is 0. The minimum atomic E-state index is -1.25. The monoisotopic (exact) mass is 418 g/mol. The molecule has 154 valence electrons. The average molecular weight is 418 g/mol. The summed E-state index contributed by atoms with van der Waals surface area (Å²) in [5, 5.41) is 15.2. The number of para-hydroxylation sites is 1. The standard InChI is InChI=1S/C23H15FN2O5/c1-12-10-18(25-31-12)26-20(14-7-3-4-8-15(14)24)19(22(28)23(26)29)21(27)17-11-13-6-2-5-9-16(13)30-17/h2-11,20,28H,1H3. The lowest BCUT2D eigenvalue weighted by Gasteiger charge is -2.24. The Morgan fingerprint density at radius 3 is 2.58 bits per heavy atom. The predicted molar refractivity (Wildman–Crippen MR) is 108 cm³/mol. The van der Waals surface area contributed by atoms with E-state index in [1.807, 2.05) is 0 Å². The molecule has 31 heavy (non-hydrogen) atoms. The molecule has 0 saturated carbocycles. The van der Waals surface area contributed by atoms with Crippen LogP contribution in [0.5, 0.6) is 0 Å². The molecule has 1 atom stereocenters. The van der Waals surface area contributed by atoms with Gasteiger partial charge in [0, 0.05) is 17.0 Å². The Bertz CT molecular complexity index is 1350. The number of hydrogen-bond acceptors (Lipinski definition) is 6. The second-order valence-corrected chi connectivity index (χ2v) is 7.13. The van der Waals surface area contributed by atoms with E-state index in [4.69, 9.17) is 8.94 Å². The third-order valence-electron chi connectivity index (χ3n) is 5.16. The molecule has 1 amide bonds. The van der Waals surface area contributed by atoms with Gasteiger partial charge < -0.3 is 14.0 Å². The number of aliphatic hydroxyl groups is 1. The van der Waals surface area contributed by atoms with Gasteiger partial charge in [-0.25, -0.2) is 4.39 Å². The second-order valence-electron chi connectivity index (χ2n) is 7.13. The summed E-state index contributed by atoms with van der Waals surface area (Å²) in [5.74, 6) is -2.66. The highest BCUT2D eigenvalue weighted by Crippen LogP contribution is 2.42. The zero-order valence-corrected chi connectivity index (χ0v) is 16.2. The van der Waals surface area contributed by atoms with Gasteiger partial charge in [0.2, 0.25) is 5.78 Å². The highest BCUT2D eigenvalue weighted by atomic mass is 19.1. The van der Waals surface area contributed by atoms with Crippen molar-refractivity contribution in [1.29, 1.82) is 0 Å². The Balaban J connectivity index is 1.68. The van der Waals surface area contributed by atoms with Crippen molar-refractivity contribution in [3.8, 4) is 0 Å². The van der Waals surface area contributed by atoms with Crippen LogP contribution in [-0.2, 0) is 4.79 Å². The van der Waals surface area contributed by atoms with E-state index >= 15 is 0 Å². The third kappa shape index (κ3) is 2.92. The van der Waals surface area contributed by atoms with Crippen molar-refractivity contribution in [3.05, 3.63) is 94.9 Å². The Kier molecular flexibility index (Phi) is 4.21. The average Bonchev–Trinajstić information content (AvgIpc) is 3.45. The van der Waals surface area contributed by atoms with Gasteiger partial charge in [-0.3, -0.25) is 14.5 Å². The number of furan rings is 1. The highest BCUT2D eigenvalue weighted by molar-refractivity contribution is 6.20. The number of hydrogen-bond donors (Lipinski definition) is 1. The number of ketones is 1. The van der Waals surface area contributed by atoms with Crippen LogP contribution in [0.25, 0.3) is 11.0 Å². The molecule has 7 nitrogen and oxygen atoms in total. The number of aromatic nitrogens is 1. The van der Waals surface area contributed by atoms with Crippen LogP contribution in [0, 0.1) is 12.7 Å². The molecule has 1 aliphatic rings. The predicted octanol–water partition coefficient (Wildman–Crippen LogP) is 4.65. The Labute approximate surface area is 175 Å². The lowest BCUT2D eigenvalue weighted by molar-refractivity contribution is -0.117. The van der Waals surface area contributed by atoms with E-state index in [2.05, 4.69) is 5.16 Å². The van der Waals surface area contributed by atoms with Gasteiger partial charge in [-0.2, -0.15) is 0 Å². The van der Waals surface area contributed by atoms with Crippen molar-refractivity contribution in [2.24, 2.45) is 0 Å². The highest BCUT2D eigenvalue weighted by Gasteiger charge is 2.47. The quantitative estimate of drug-likeness (QED) is 0.485. The number of aliphatic hydroxyl groups excluding tert-OH is 1. The molecule has 1 unspecified atom stereocenters. The van der Waals surface area contributed by atoms with Gasteiger partial charge in [0.1, 0.15) is 17.2 Å². The fourth-order valence-corrected chi connectivity index (χ4v) is 3.76. The van der Waals surface area contributed by atoms with Crippen LogP contribution < -0.4 is 4.90 Å². The van der Waals surface area contributed by atoms with Crippen molar-refractivity contribution < 1.29 is 28.0 Å². The lowest BCUT2D eigenvalue weighted by atomic mass is 9.94. The largest absolute Gasteiger partial charge is 0.503 e. The molecular weight excluding hydrogens is 403 g/mol. The summed E-state index contributed by atoms with van der Waals surface area (Å²) in [5.41, 5.74) is 0.205. The molecule has 2 aromatic carbocycles. The van der Waals surface area contributed by atoms with Crippen LogP contribution in [-0.4, -0.2) is 22.0 Å². The minimum Gasteiger partial charge on any atom is -0.503 e. The number of amides is 1. The maximum atomic E-state index is 14.8. The van der Waals surface area contributed by atoms with Crippen LogP contribution in [0.4, 0.5) is 10.2 Å². The number of fused-ring (bicyclic) bond motifs is 1. The number of Topliss-reactive ketones (excluding diaryl/α,β-unsaturated/α-hetero) is 1. The van der Waals surface area contributed by atoms with Crippen molar-refractivity contribution in [2.75, 3.05) is 4.90 Å². The molecule has 2 aromatic heterocycles. The maximum Gasteiger partial charge on any atom is 0.295 e. The van der Waals surface area contributed by atoms with Crippen LogP contribution in [0.1, 0.15) is 27.9 Å². The Morgan fingerprint density at radius 1 is 1.13 bits per heavy atom. The lowest BCUT2D eigenvalue weighted by Crippen LogP contribution is -2.31. The van der Waals surface area contributed by atoms with E-state index in [0.29, 0.717) is 16.7 Å². The molecule has 3 heterocycles. The van der Waals surface area contributed by atoms with Gasteiger partial charge in [-0.1, -0.05) is 41.6 Å². The Hall–Kier alpha value is -4.20. The van der Waals surface area contributed by atoms with Crippen LogP contribution in [0.2, 0.25) is 0 Å². The summed E-state index contributed by atoms with van der Waals surface area (Å²) in [4.78, 5) is 27.4. The van der Waals surface area contributed by atoms with Gasteiger partial charge in [0.25, 0.3) is 5.91 Å². The van der Waals surface area contributed by atoms with Crippen LogP contribution in [0.15, 0.2) is 80.9 Å². The fraction of sp³-hybridized carbons (Fsp3) is 0.0870. The number of benzene rings is 2. The van der Waals surface area contributed by atoms with Crippen molar-refractivity contribution in [2.45, 2.75) is 13.0 Å². The Morgan fingerprint density at radius 2 is 1.87 bits per heavy atom. The number of carbonyl (C=O) groups is 2. The number of carbonyl (C=O) groups excluding carboxylic acids is 2. The molecule has 5 rings (SSSR count). The third-order valence-corrected chi connectivity index (χ3v) is 5.16. The fourth-order valence-electron chi connectivity index (χ4n) is 3.76. The first-order valence-electron chi connectivity index (χ1n) is 9.43.